The number of hydrogen-bond acceptors (Lipinski definition) is 7. The Balaban J connectivity index is 1.54. The highest BCUT2D eigenvalue weighted by Gasteiger charge is 2.34. The Morgan fingerprint density at radius 1 is 0.941 bits per heavy atom. The Bertz CT molecular complexity index is 1120. The summed E-state index contributed by atoms with van der Waals surface area (Å²) in [6, 6.07) is 21.6. The summed E-state index contributed by atoms with van der Waals surface area (Å²) in [5.74, 6) is 0.716. The van der Waals surface area contributed by atoms with Gasteiger partial charge in [-0.05, 0) is 93.4 Å². The number of carbonyl (C=O) groups excluding carboxylic acids is 1. The van der Waals surface area contributed by atoms with Crippen molar-refractivity contribution in [3.05, 3.63) is 82.9 Å². The first-order chi connectivity index (χ1) is 16.2. The molecule has 0 bridgehead atoms. The minimum Gasteiger partial charge on any atom is -0.497 e. The molecule has 0 spiro atoms. The molecular weight excluding hydrogens is 470 g/mol. The molecule has 0 saturated heterocycles. The predicted molar refractivity (Wildman–Crippen MR) is 138 cm³/mol. The molecular formula is C25H27N3O4S2. The molecule has 0 heterocycles. The summed E-state index contributed by atoms with van der Waals surface area (Å²) in [5, 5.41) is 13.8. The van der Waals surface area contributed by atoms with Crippen LogP contribution >= 0.6 is 23.7 Å². The standard InChI is InChI=1S/C25H27N3O4S2/c1-17(27-34-23-15-9-20(32-4)10-16-23)25(2,3)24(29)26-18-5-11-21(12-6-18)33-22-13-7-19(8-14-22)28(30)31/h5-17,27H,1-4H3,(H,26,29). The van der Waals surface area contributed by atoms with Gasteiger partial charge in [0, 0.05) is 38.5 Å². The number of benzene rings is 3. The lowest BCUT2D eigenvalue weighted by molar-refractivity contribution is -0.384. The molecule has 3 rings (SSSR count). The van der Waals surface area contributed by atoms with E-state index in [4.69, 9.17) is 4.74 Å². The van der Waals surface area contributed by atoms with E-state index in [2.05, 4.69) is 10.0 Å². The maximum Gasteiger partial charge on any atom is 0.269 e. The second-order valence-corrected chi connectivity index (χ2v) is 10.2. The second kappa shape index (κ2) is 11.4. The molecule has 7 nitrogen and oxygen atoms in total. The van der Waals surface area contributed by atoms with Gasteiger partial charge in [-0.1, -0.05) is 11.8 Å². The molecule has 0 aliphatic heterocycles. The van der Waals surface area contributed by atoms with Crippen LogP contribution in [0.4, 0.5) is 11.4 Å². The number of amides is 1. The molecule has 0 radical (unpaired) electrons. The third-order valence-corrected chi connectivity index (χ3v) is 7.47. The van der Waals surface area contributed by atoms with Gasteiger partial charge in [-0.3, -0.25) is 19.6 Å². The van der Waals surface area contributed by atoms with Crippen LogP contribution in [0.25, 0.3) is 0 Å². The van der Waals surface area contributed by atoms with Crippen molar-refractivity contribution in [1.29, 1.82) is 0 Å². The van der Waals surface area contributed by atoms with Crippen molar-refractivity contribution in [2.24, 2.45) is 5.41 Å². The molecule has 1 unspecified atom stereocenters. The van der Waals surface area contributed by atoms with Crippen molar-refractivity contribution in [3.8, 4) is 5.75 Å². The lowest BCUT2D eigenvalue weighted by atomic mass is 9.85. The molecule has 1 atom stereocenters. The summed E-state index contributed by atoms with van der Waals surface area (Å²) in [6.45, 7) is 5.81. The number of ether oxygens (including phenoxy) is 1. The number of carbonyl (C=O) groups is 1. The fraction of sp³-hybridized carbons (Fsp3) is 0.240. The van der Waals surface area contributed by atoms with Crippen molar-refractivity contribution in [2.75, 3.05) is 12.4 Å². The van der Waals surface area contributed by atoms with E-state index in [1.807, 2.05) is 69.3 Å². The van der Waals surface area contributed by atoms with E-state index in [1.54, 1.807) is 19.2 Å². The molecule has 1 amide bonds. The lowest BCUT2D eigenvalue weighted by Gasteiger charge is -2.30. The first-order valence-electron chi connectivity index (χ1n) is 10.6. The zero-order valence-corrected chi connectivity index (χ0v) is 21.0. The highest BCUT2D eigenvalue weighted by Crippen LogP contribution is 2.31. The normalized spacial score (nSPS) is 12.1. The molecule has 3 aromatic rings. The SMILES string of the molecule is COc1ccc(SNC(C)C(C)(C)C(=O)Nc2ccc(Sc3ccc([N+](=O)[O-])cc3)cc2)cc1. The molecule has 3 aromatic carbocycles. The summed E-state index contributed by atoms with van der Waals surface area (Å²) in [4.78, 5) is 26.3. The minimum absolute atomic E-state index is 0.0659. The van der Waals surface area contributed by atoms with Gasteiger partial charge in [0.25, 0.3) is 5.69 Å². The Hall–Kier alpha value is -3.01. The zero-order chi connectivity index (χ0) is 24.7. The predicted octanol–water partition coefficient (Wildman–Crippen LogP) is 6.40. The molecule has 0 saturated carbocycles. The number of hydrogen-bond donors (Lipinski definition) is 2. The molecule has 0 aliphatic carbocycles. The summed E-state index contributed by atoms with van der Waals surface area (Å²) in [7, 11) is 1.63. The van der Waals surface area contributed by atoms with Crippen LogP contribution in [0.1, 0.15) is 20.8 Å². The van der Waals surface area contributed by atoms with Crippen LogP contribution in [0.15, 0.2) is 87.5 Å². The second-order valence-electron chi connectivity index (χ2n) is 8.17. The largest absolute Gasteiger partial charge is 0.497 e. The number of nitro groups is 1. The van der Waals surface area contributed by atoms with Gasteiger partial charge in [0.05, 0.1) is 17.4 Å². The van der Waals surface area contributed by atoms with Gasteiger partial charge in [-0.2, -0.15) is 0 Å². The number of nitrogens with zero attached hydrogens (tertiary/aromatic N) is 1. The minimum atomic E-state index is -0.661. The summed E-state index contributed by atoms with van der Waals surface area (Å²) >= 11 is 2.97. The zero-order valence-electron chi connectivity index (χ0n) is 19.4. The Morgan fingerprint density at radius 2 is 1.47 bits per heavy atom. The van der Waals surface area contributed by atoms with Crippen LogP contribution < -0.4 is 14.8 Å². The van der Waals surface area contributed by atoms with E-state index < -0.39 is 10.3 Å². The molecule has 0 fully saturated rings. The third-order valence-electron chi connectivity index (χ3n) is 5.48. The lowest BCUT2D eigenvalue weighted by Crippen LogP contribution is -2.45. The van der Waals surface area contributed by atoms with Crippen LogP contribution in [0.5, 0.6) is 5.75 Å². The Morgan fingerprint density at radius 3 is 2.00 bits per heavy atom. The van der Waals surface area contributed by atoms with Gasteiger partial charge in [0.1, 0.15) is 5.75 Å². The van der Waals surface area contributed by atoms with E-state index in [0.29, 0.717) is 5.69 Å². The smallest absolute Gasteiger partial charge is 0.269 e. The number of nitro benzene ring substituents is 1. The van der Waals surface area contributed by atoms with Crippen molar-refractivity contribution >= 4 is 41.0 Å². The van der Waals surface area contributed by atoms with Crippen molar-refractivity contribution in [2.45, 2.75) is 41.5 Å². The maximum atomic E-state index is 13.0. The van der Waals surface area contributed by atoms with E-state index in [0.717, 1.165) is 20.4 Å². The van der Waals surface area contributed by atoms with Crippen LogP contribution in [0.2, 0.25) is 0 Å². The van der Waals surface area contributed by atoms with Gasteiger partial charge in [-0.15, -0.1) is 0 Å². The fourth-order valence-corrected chi connectivity index (χ4v) is 4.51. The topological polar surface area (TPSA) is 93.5 Å². The molecule has 2 N–H and O–H groups in total. The molecule has 0 aliphatic rings. The molecule has 9 heteroatoms. The number of rotatable bonds is 10. The molecule has 34 heavy (non-hydrogen) atoms. The highest BCUT2D eigenvalue weighted by molar-refractivity contribution is 7.99. The van der Waals surface area contributed by atoms with Gasteiger partial charge >= 0.3 is 0 Å². The Kier molecular flexibility index (Phi) is 8.60. The van der Waals surface area contributed by atoms with Crippen molar-refractivity contribution in [3.63, 3.8) is 0 Å². The fourth-order valence-electron chi connectivity index (χ4n) is 2.81. The van der Waals surface area contributed by atoms with E-state index in [1.165, 1.54) is 35.8 Å². The summed E-state index contributed by atoms with van der Waals surface area (Å²) in [5.41, 5.74) is 0.114. The summed E-state index contributed by atoms with van der Waals surface area (Å²) < 4.78 is 8.54. The number of anilines is 1. The van der Waals surface area contributed by atoms with E-state index in [9.17, 15) is 14.9 Å². The first-order valence-corrected chi connectivity index (χ1v) is 12.2. The average molecular weight is 498 g/mol. The third kappa shape index (κ3) is 6.75. The average Bonchev–Trinajstić information content (AvgIpc) is 2.84. The van der Waals surface area contributed by atoms with E-state index in [-0.39, 0.29) is 17.6 Å². The van der Waals surface area contributed by atoms with Crippen LogP contribution in [0.3, 0.4) is 0 Å². The number of nitrogens with one attached hydrogen (secondary N) is 2. The van der Waals surface area contributed by atoms with Crippen molar-refractivity contribution < 1.29 is 14.5 Å². The monoisotopic (exact) mass is 497 g/mol. The summed E-state index contributed by atoms with van der Waals surface area (Å²) in [6.07, 6.45) is 0. The first kappa shape index (κ1) is 25.6. The van der Waals surface area contributed by atoms with Crippen molar-refractivity contribution in [1.82, 2.24) is 4.72 Å². The Labute approximate surface area is 208 Å². The van der Waals surface area contributed by atoms with Crippen LogP contribution in [-0.2, 0) is 4.79 Å². The van der Waals surface area contributed by atoms with Crippen LogP contribution in [-0.4, -0.2) is 24.0 Å². The quantitative estimate of drug-likeness (QED) is 0.190. The molecule has 0 aromatic heterocycles. The molecule has 178 valence electrons. The number of methoxy groups -OCH3 is 1. The van der Waals surface area contributed by atoms with E-state index >= 15 is 0 Å². The van der Waals surface area contributed by atoms with Gasteiger partial charge in [0.15, 0.2) is 0 Å². The van der Waals surface area contributed by atoms with Crippen LogP contribution in [0, 0.1) is 15.5 Å². The van der Waals surface area contributed by atoms with Gasteiger partial charge < -0.3 is 10.1 Å². The number of non-ortho nitro benzene ring substituents is 1. The van der Waals surface area contributed by atoms with Gasteiger partial charge in [0.2, 0.25) is 5.91 Å². The highest BCUT2D eigenvalue weighted by atomic mass is 32.2. The van der Waals surface area contributed by atoms with Gasteiger partial charge in [-0.25, -0.2) is 0 Å². The maximum absolute atomic E-state index is 13.0.